The molecule has 1 aliphatic rings. The van der Waals surface area contributed by atoms with Crippen molar-refractivity contribution >= 4 is 0 Å². The molecule has 106 valence electrons. The first-order valence-electron chi connectivity index (χ1n) is 7.16. The quantitative estimate of drug-likeness (QED) is 0.907. The lowest BCUT2D eigenvalue weighted by molar-refractivity contribution is 0.151. The van der Waals surface area contributed by atoms with Gasteiger partial charge in [-0.3, -0.25) is 5.32 Å². The van der Waals surface area contributed by atoms with E-state index in [2.05, 4.69) is 66.8 Å². The Hall–Kier alpha value is -2.15. The molecule has 21 heavy (non-hydrogen) atoms. The molecule has 0 unspecified atom stereocenters. The molecule has 0 saturated carbocycles. The lowest BCUT2D eigenvalue weighted by Crippen LogP contribution is -2.60. The molecule has 3 heteroatoms. The molecule has 0 radical (unpaired) electrons. The van der Waals surface area contributed by atoms with E-state index in [1.165, 1.54) is 16.7 Å². The predicted octanol–water partition coefficient (Wildman–Crippen LogP) is 2.60. The fourth-order valence-corrected chi connectivity index (χ4v) is 2.98. The molecule has 3 nitrogen and oxygen atoms in total. The highest BCUT2D eigenvalue weighted by atomic mass is 16.3. The number of aliphatic hydroxyl groups excluding tert-OH is 1. The molecule has 3 rings (SSSR count). The molecule has 0 spiro atoms. The van der Waals surface area contributed by atoms with Crippen molar-refractivity contribution in [3.05, 3.63) is 59.7 Å². The number of benzene rings is 2. The van der Waals surface area contributed by atoms with E-state index in [9.17, 15) is 5.11 Å². The summed E-state index contributed by atoms with van der Waals surface area (Å²) < 4.78 is 0. The Labute approximate surface area is 124 Å². The monoisotopic (exact) mass is 278 g/mol. The van der Waals surface area contributed by atoms with Crippen LogP contribution in [0.2, 0.25) is 0 Å². The van der Waals surface area contributed by atoms with Crippen LogP contribution in [0.25, 0.3) is 11.1 Å². The summed E-state index contributed by atoms with van der Waals surface area (Å²) in [5, 5.41) is 21.5. The van der Waals surface area contributed by atoms with Crippen LogP contribution in [0.1, 0.15) is 17.0 Å². The first kappa shape index (κ1) is 13.8. The second-order valence-electron chi connectivity index (χ2n) is 5.58. The molecule has 1 saturated heterocycles. The van der Waals surface area contributed by atoms with Crippen LogP contribution in [0.4, 0.5) is 0 Å². The van der Waals surface area contributed by atoms with Crippen LogP contribution >= 0.6 is 0 Å². The van der Waals surface area contributed by atoms with Crippen LogP contribution in [0.5, 0.6) is 0 Å². The van der Waals surface area contributed by atoms with Gasteiger partial charge in [-0.25, -0.2) is 0 Å². The van der Waals surface area contributed by atoms with Gasteiger partial charge in [-0.1, -0.05) is 54.1 Å². The third kappa shape index (κ3) is 2.56. The minimum absolute atomic E-state index is 0.0144. The van der Waals surface area contributed by atoms with Gasteiger partial charge in [0.2, 0.25) is 0 Å². The summed E-state index contributed by atoms with van der Waals surface area (Å²) in [6.07, 6.45) is 0. The molecular weight excluding hydrogens is 260 g/mol. The molecule has 0 aliphatic carbocycles. The van der Waals surface area contributed by atoms with Crippen LogP contribution in [0.15, 0.2) is 48.5 Å². The van der Waals surface area contributed by atoms with Gasteiger partial charge in [0.15, 0.2) is 0 Å². The summed E-state index contributed by atoms with van der Waals surface area (Å²) in [7, 11) is 0. The second-order valence-corrected chi connectivity index (χ2v) is 5.58. The van der Waals surface area contributed by atoms with Crippen molar-refractivity contribution < 1.29 is 5.11 Å². The zero-order valence-corrected chi connectivity index (χ0v) is 12.0. The highest BCUT2D eigenvalue weighted by Crippen LogP contribution is 2.33. The highest BCUT2D eigenvalue weighted by Gasteiger charge is 2.40. The maximum Gasteiger partial charge on any atom is 0.104 e. The average molecular weight is 278 g/mol. The molecule has 2 N–H and O–H groups in total. The standard InChI is InChI=1S/C18H18N2O/c1-12-3-2-4-15(9-12)13-5-7-14(8-6-13)18-16(10-19)20-17(18)11-21/h2-9,16-18,20-21H,11H2,1H3/t16-,17-,18-/m0/s1. The molecule has 2 aromatic carbocycles. The number of rotatable bonds is 3. The van der Waals surface area contributed by atoms with Gasteiger partial charge in [0.25, 0.3) is 0 Å². The van der Waals surface area contributed by atoms with Crippen molar-refractivity contribution in [2.24, 2.45) is 0 Å². The fraction of sp³-hybridized carbons (Fsp3) is 0.278. The Morgan fingerprint density at radius 3 is 2.52 bits per heavy atom. The van der Waals surface area contributed by atoms with Crippen molar-refractivity contribution in [2.45, 2.75) is 24.9 Å². The summed E-state index contributed by atoms with van der Waals surface area (Å²) in [5.74, 6) is 0.0755. The van der Waals surface area contributed by atoms with Gasteiger partial charge in [0.1, 0.15) is 6.04 Å². The SMILES string of the molecule is Cc1cccc(-c2ccc([C@H]3[C@H](C#N)N[C@H]3CO)cc2)c1. The van der Waals surface area contributed by atoms with Crippen LogP contribution in [0.3, 0.4) is 0 Å². The zero-order chi connectivity index (χ0) is 14.8. The summed E-state index contributed by atoms with van der Waals surface area (Å²) in [6.45, 7) is 2.14. The minimum Gasteiger partial charge on any atom is -0.395 e. The Morgan fingerprint density at radius 1 is 1.14 bits per heavy atom. The van der Waals surface area contributed by atoms with E-state index in [0.717, 1.165) is 5.56 Å². The summed E-state index contributed by atoms with van der Waals surface area (Å²) in [6, 6.07) is 18.7. The Balaban J connectivity index is 1.86. The number of nitrogens with zero attached hydrogens (tertiary/aromatic N) is 1. The van der Waals surface area contributed by atoms with Gasteiger partial charge in [0, 0.05) is 12.0 Å². The Bertz CT molecular complexity index is 672. The van der Waals surface area contributed by atoms with Crippen molar-refractivity contribution in [3.8, 4) is 17.2 Å². The lowest BCUT2D eigenvalue weighted by atomic mass is 9.78. The number of nitrogens with one attached hydrogen (secondary N) is 1. The van der Waals surface area contributed by atoms with Crippen molar-refractivity contribution in [1.82, 2.24) is 5.32 Å². The minimum atomic E-state index is -0.202. The molecule has 0 amide bonds. The van der Waals surface area contributed by atoms with E-state index in [4.69, 9.17) is 5.26 Å². The van der Waals surface area contributed by atoms with E-state index in [1.54, 1.807) is 0 Å². The number of hydrogen-bond acceptors (Lipinski definition) is 3. The van der Waals surface area contributed by atoms with E-state index in [-0.39, 0.29) is 24.6 Å². The van der Waals surface area contributed by atoms with Crippen molar-refractivity contribution in [1.29, 1.82) is 5.26 Å². The summed E-state index contributed by atoms with van der Waals surface area (Å²) >= 11 is 0. The number of aliphatic hydroxyl groups is 1. The Morgan fingerprint density at radius 2 is 1.90 bits per heavy atom. The van der Waals surface area contributed by atoms with Crippen LogP contribution in [-0.4, -0.2) is 23.8 Å². The molecular formula is C18H18N2O. The van der Waals surface area contributed by atoms with Crippen LogP contribution in [-0.2, 0) is 0 Å². The predicted molar refractivity (Wildman–Crippen MR) is 82.8 cm³/mol. The second kappa shape index (κ2) is 5.69. The average Bonchev–Trinajstić information content (AvgIpc) is 2.48. The normalized spacial score (nSPS) is 24.1. The summed E-state index contributed by atoms with van der Waals surface area (Å²) in [4.78, 5) is 0. The molecule has 1 aliphatic heterocycles. The number of nitriles is 1. The third-order valence-corrected chi connectivity index (χ3v) is 4.17. The van der Waals surface area contributed by atoms with E-state index < -0.39 is 0 Å². The van der Waals surface area contributed by atoms with Gasteiger partial charge in [-0.15, -0.1) is 0 Å². The number of hydrogen-bond donors (Lipinski definition) is 2. The van der Waals surface area contributed by atoms with Crippen molar-refractivity contribution in [2.75, 3.05) is 6.61 Å². The van der Waals surface area contributed by atoms with Crippen LogP contribution in [0, 0.1) is 18.3 Å². The van der Waals surface area contributed by atoms with Crippen LogP contribution < -0.4 is 5.32 Å². The van der Waals surface area contributed by atoms with Gasteiger partial charge in [-0.2, -0.15) is 5.26 Å². The lowest BCUT2D eigenvalue weighted by Gasteiger charge is -2.41. The molecule has 3 atom stereocenters. The maximum atomic E-state index is 9.32. The smallest absolute Gasteiger partial charge is 0.104 e. The fourth-order valence-electron chi connectivity index (χ4n) is 2.98. The molecule has 0 bridgehead atoms. The molecule has 0 aromatic heterocycles. The molecule has 1 fully saturated rings. The van der Waals surface area contributed by atoms with Gasteiger partial charge >= 0.3 is 0 Å². The zero-order valence-electron chi connectivity index (χ0n) is 12.0. The number of aryl methyl sites for hydroxylation is 1. The highest BCUT2D eigenvalue weighted by molar-refractivity contribution is 5.64. The largest absolute Gasteiger partial charge is 0.395 e. The van der Waals surface area contributed by atoms with Gasteiger partial charge in [0.05, 0.1) is 12.7 Å². The molecule has 1 heterocycles. The first-order chi connectivity index (χ1) is 10.2. The third-order valence-electron chi connectivity index (χ3n) is 4.17. The van der Waals surface area contributed by atoms with E-state index in [0.29, 0.717) is 0 Å². The summed E-state index contributed by atoms with van der Waals surface area (Å²) in [5.41, 5.74) is 4.72. The van der Waals surface area contributed by atoms with Crippen molar-refractivity contribution in [3.63, 3.8) is 0 Å². The topological polar surface area (TPSA) is 56.0 Å². The van der Waals surface area contributed by atoms with E-state index in [1.807, 2.05) is 0 Å². The molecule has 2 aromatic rings. The van der Waals surface area contributed by atoms with Gasteiger partial charge < -0.3 is 5.11 Å². The van der Waals surface area contributed by atoms with Gasteiger partial charge in [-0.05, 0) is 23.6 Å². The first-order valence-corrected chi connectivity index (χ1v) is 7.16. The maximum absolute atomic E-state index is 9.32. The Kier molecular flexibility index (Phi) is 3.74. The van der Waals surface area contributed by atoms with E-state index >= 15 is 0 Å².